The van der Waals surface area contributed by atoms with E-state index in [1.54, 1.807) is 30.3 Å². The Morgan fingerprint density at radius 1 is 1.16 bits per heavy atom. The van der Waals surface area contributed by atoms with Crippen molar-refractivity contribution in [3.8, 4) is 6.07 Å². The summed E-state index contributed by atoms with van der Waals surface area (Å²) in [5.41, 5.74) is 1.96. The molecule has 1 fully saturated rings. The summed E-state index contributed by atoms with van der Waals surface area (Å²) in [6.45, 7) is 1.52. The summed E-state index contributed by atoms with van der Waals surface area (Å²) in [6, 6.07) is 14.6. The molecule has 0 atom stereocenters. The SMILES string of the molecule is N#Cc1ccc(N2c3cc(Cl)ccc3C(=O)OC23CCNCC3)cc1. The first kappa shape index (κ1) is 15.9. The molecule has 0 amide bonds. The Morgan fingerprint density at radius 3 is 2.56 bits per heavy atom. The third-order valence-electron chi connectivity index (χ3n) is 4.75. The number of nitriles is 1. The Bertz CT molecular complexity index is 867. The molecule has 5 nitrogen and oxygen atoms in total. The highest BCUT2D eigenvalue weighted by molar-refractivity contribution is 6.31. The molecule has 0 aromatic heterocycles. The minimum absolute atomic E-state index is 0.321. The number of esters is 1. The number of hydrogen-bond donors (Lipinski definition) is 1. The quantitative estimate of drug-likeness (QED) is 0.793. The summed E-state index contributed by atoms with van der Waals surface area (Å²) >= 11 is 6.22. The van der Waals surface area contributed by atoms with Gasteiger partial charge in [0.05, 0.1) is 22.9 Å². The van der Waals surface area contributed by atoms with Gasteiger partial charge in [-0.15, -0.1) is 0 Å². The van der Waals surface area contributed by atoms with Crippen molar-refractivity contribution in [1.29, 1.82) is 5.26 Å². The van der Waals surface area contributed by atoms with Crippen LogP contribution in [0, 0.1) is 11.3 Å². The molecule has 0 saturated carbocycles. The predicted octanol–water partition coefficient (Wildman–Crippen LogP) is 3.60. The molecule has 1 N–H and O–H groups in total. The summed E-state index contributed by atoms with van der Waals surface area (Å²) in [4.78, 5) is 14.6. The zero-order valence-electron chi connectivity index (χ0n) is 13.5. The van der Waals surface area contributed by atoms with Gasteiger partial charge in [-0.05, 0) is 42.5 Å². The molecule has 1 spiro atoms. The van der Waals surface area contributed by atoms with Crippen molar-refractivity contribution in [2.75, 3.05) is 18.0 Å². The van der Waals surface area contributed by atoms with Crippen molar-refractivity contribution in [2.24, 2.45) is 0 Å². The number of halogens is 1. The van der Waals surface area contributed by atoms with Crippen molar-refractivity contribution in [3.05, 3.63) is 58.6 Å². The summed E-state index contributed by atoms with van der Waals surface area (Å²) in [5.74, 6) is -0.321. The Labute approximate surface area is 150 Å². The van der Waals surface area contributed by atoms with Crippen molar-refractivity contribution in [1.82, 2.24) is 5.32 Å². The first-order valence-electron chi connectivity index (χ1n) is 8.17. The van der Waals surface area contributed by atoms with Gasteiger partial charge in [0, 0.05) is 36.6 Å². The predicted molar refractivity (Wildman–Crippen MR) is 95.0 cm³/mol. The van der Waals surface area contributed by atoms with E-state index in [4.69, 9.17) is 21.6 Å². The highest BCUT2D eigenvalue weighted by Gasteiger charge is 2.47. The van der Waals surface area contributed by atoms with Gasteiger partial charge in [-0.1, -0.05) is 11.6 Å². The van der Waals surface area contributed by atoms with Gasteiger partial charge in [0.2, 0.25) is 0 Å². The number of nitrogens with one attached hydrogen (secondary N) is 1. The number of anilines is 2. The second-order valence-corrected chi connectivity index (χ2v) is 6.68. The second-order valence-electron chi connectivity index (χ2n) is 6.24. The van der Waals surface area contributed by atoms with Crippen LogP contribution in [0.25, 0.3) is 0 Å². The minimum Gasteiger partial charge on any atom is -0.435 e. The topological polar surface area (TPSA) is 65.4 Å². The van der Waals surface area contributed by atoms with E-state index < -0.39 is 5.72 Å². The van der Waals surface area contributed by atoms with Crippen LogP contribution in [0.4, 0.5) is 11.4 Å². The maximum atomic E-state index is 12.6. The molecular weight excluding hydrogens is 338 g/mol. The molecule has 126 valence electrons. The lowest BCUT2D eigenvalue weighted by Gasteiger charge is -2.49. The van der Waals surface area contributed by atoms with E-state index in [0.29, 0.717) is 29.0 Å². The third-order valence-corrected chi connectivity index (χ3v) is 4.99. The fourth-order valence-corrected chi connectivity index (χ4v) is 3.72. The van der Waals surface area contributed by atoms with Crippen molar-refractivity contribution in [3.63, 3.8) is 0 Å². The lowest BCUT2D eigenvalue weighted by Crippen LogP contribution is -2.58. The summed E-state index contributed by atoms with van der Waals surface area (Å²) in [6.07, 6.45) is 1.34. The Balaban J connectivity index is 1.91. The van der Waals surface area contributed by atoms with Crippen LogP contribution in [-0.4, -0.2) is 24.8 Å². The molecule has 2 aromatic rings. The number of rotatable bonds is 1. The third kappa shape index (κ3) is 2.64. The van der Waals surface area contributed by atoms with Gasteiger partial charge in [0.1, 0.15) is 0 Å². The number of carbonyl (C=O) groups is 1. The first-order valence-corrected chi connectivity index (χ1v) is 8.55. The lowest BCUT2D eigenvalue weighted by molar-refractivity contribution is -0.0348. The molecule has 4 rings (SSSR count). The standard InChI is InChI=1S/C19H16ClN3O2/c20-14-3-6-16-17(11-14)23(15-4-1-13(12-21)2-5-15)19(25-18(16)24)7-9-22-10-8-19/h1-6,11,22H,7-10H2. The number of ether oxygens (including phenoxy) is 1. The van der Waals surface area contributed by atoms with Crippen molar-refractivity contribution in [2.45, 2.75) is 18.6 Å². The molecule has 0 radical (unpaired) electrons. The van der Waals surface area contributed by atoms with Gasteiger partial charge in [-0.2, -0.15) is 5.26 Å². The van der Waals surface area contributed by atoms with Gasteiger partial charge in [0.15, 0.2) is 5.72 Å². The van der Waals surface area contributed by atoms with Crippen LogP contribution in [0.1, 0.15) is 28.8 Å². The van der Waals surface area contributed by atoms with Crippen LogP contribution < -0.4 is 10.2 Å². The van der Waals surface area contributed by atoms with E-state index in [1.165, 1.54) is 0 Å². The van der Waals surface area contributed by atoms with E-state index in [2.05, 4.69) is 16.3 Å². The number of carbonyl (C=O) groups excluding carboxylic acids is 1. The average Bonchev–Trinajstić information content (AvgIpc) is 2.62. The Hall–Kier alpha value is -2.55. The van der Waals surface area contributed by atoms with Gasteiger partial charge in [-0.25, -0.2) is 4.79 Å². The van der Waals surface area contributed by atoms with Crippen LogP contribution in [-0.2, 0) is 4.74 Å². The fourth-order valence-electron chi connectivity index (χ4n) is 3.56. The molecular formula is C19H16ClN3O2. The van der Waals surface area contributed by atoms with Crippen LogP contribution in [0.5, 0.6) is 0 Å². The van der Waals surface area contributed by atoms with E-state index in [0.717, 1.165) is 24.5 Å². The Kier molecular flexibility index (Phi) is 3.87. The molecule has 0 aliphatic carbocycles. The number of hydrogen-bond acceptors (Lipinski definition) is 5. The van der Waals surface area contributed by atoms with E-state index >= 15 is 0 Å². The molecule has 2 heterocycles. The summed E-state index contributed by atoms with van der Waals surface area (Å²) in [5, 5.41) is 12.9. The van der Waals surface area contributed by atoms with Gasteiger partial charge in [0.25, 0.3) is 0 Å². The first-order chi connectivity index (χ1) is 12.1. The number of benzene rings is 2. The van der Waals surface area contributed by atoms with Gasteiger partial charge >= 0.3 is 5.97 Å². The van der Waals surface area contributed by atoms with Crippen LogP contribution in [0.15, 0.2) is 42.5 Å². The molecule has 0 bridgehead atoms. The second kappa shape index (κ2) is 6.07. The van der Waals surface area contributed by atoms with E-state index in [-0.39, 0.29) is 5.97 Å². The molecule has 25 heavy (non-hydrogen) atoms. The normalized spacial score (nSPS) is 18.4. The van der Waals surface area contributed by atoms with E-state index in [9.17, 15) is 4.79 Å². The monoisotopic (exact) mass is 353 g/mol. The largest absolute Gasteiger partial charge is 0.435 e. The highest BCUT2D eigenvalue weighted by Crippen LogP contribution is 2.45. The highest BCUT2D eigenvalue weighted by atomic mass is 35.5. The summed E-state index contributed by atoms with van der Waals surface area (Å²) in [7, 11) is 0. The van der Waals surface area contributed by atoms with Crippen LogP contribution >= 0.6 is 11.6 Å². The smallest absolute Gasteiger partial charge is 0.342 e. The molecule has 2 aromatic carbocycles. The van der Waals surface area contributed by atoms with Crippen LogP contribution in [0.2, 0.25) is 5.02 Å². The molecule has 0 unspecified atom stereocenters. The van der Waals surface area contributed by atoms with Crippen molar-refractivity contribution < 1.29 is 9.53 Å². The van der Waals surface area contributed by atoms with Gasteiger partial charge < -0.3 is 15.0 Å². The van der Waals surface area contributed by atoms with E-state index in [1.807, 2.05) is 12.1 Å². The zero-order valence-corrected chi connectivity index (χ0v) is 14.2. The van der Waals surface area contributed by atoms with Gasteiger partial charge in [-0.3, -0.25) is 0 Å². The number of piperidine rings is 1. The number of nitrogens with zero attached hydrogens (tertiary/aromatic N) is 2. The summed E-state index contributed by atoms with van der Waals surface area (Å²) < 4.78 is 5.94. The molecule has 1 saturated heterocycles. The molecule has 2 aliphatic rings. The zero-order chi connectivity index (χ0) is 17.4. The maximum absolute atomic E-state index is 12.6. The number of fused-ring (bicyclic) bond motifs is 1. The fraction of sp³-hybridized carbons (Fsp3) is 0.263. The Morgan fingerprint density at radius 2 is 1.88 bits per heavy atom. The molecule has 2 aliphatic heterocycles. The lowest BCUT2D eigenvalue weighted by atomic mass is 9.94. The average molecular weight is 354 g/mol. The van der Waals surface area contributed by atoms with Crippen LogP contribution in [0.3, 0.4) is 0 Å². The maximum Gasteiger partial charge on any atom is 0.342 e. The molecule has 6 heteroatoms. The minimum atomic E-state index is -0.742. The van der Waals surface area contributed by atoms with Crippen molar-refractivity contribution >= 4 is 28.9 Å².